The van der Waals surface area contributed by atoms with E-state index in [4.69, 9.17) is 14.2 Å². The highest BCUT2D eigenvalue weighted by atomic mass is 16.5. The van der Waals surface area contributed by atoms with Crippen LogP contribution >= 0.6 is 0 Å². The summed E-state index contributed by atoms with van der Waals surface area (Å²) < 4.78 is 16.6. The van der Waals surface area contributed by atoms with E-state index in [1.807, 2.05) is 51.1 Å². The van der Waals surface area contributed by atoms with Gasteiger partial charge in [0.25, 0.3) is 11.8 Å². The number of hydrogen-bond donors (Lipinski definition) is 2. The molecule has 2 aromatic carbocycles. The van der Waals surface area contributed by atoms with Crippen LogP contribution in [-0.4, -0.2) is 31.6 Å². The molecule has 7 nitrogen and oxygen atoms in total. The van der Waals surface area contributed by atoms with Gasteiger partial charge in [0.2, 0.25) is 0 Å². The molecule has 7 heteroatoms. The van der Waals surface area contributed by atoms with Gasteiger partial charge in [0.15, 0.2) is 6.61 Å². The lowest BCUT2D eigenvalue weighted by molar-refractivity contribution is -0.128. The average molecular weight is 410 g/mol. The Kier molecular flexibility index (Phi) is 6.61. The number of hydrazine groups is 1. The number of benzene rings is 2. The maximum absolute atomic E-state index is 12.0. The molecule has 0 aliphatic carbocycles. The molecule has 0 fully saturated rings. The van der Waals surface area contributed by atoms with Gasteiger partial charge in [0.1, 0.15) is 23.4 Å². The summed E-state index contributed by atoms with van der Waals surface area (Å²) in [6, 6.07) is 9.47. The zero-order chi connectivity index (χ0) is 21.7. The van der Waals surface area contributed by atoms with Crippen molar-refractivity contribution in [2.24, 2.45) is 0 Å². The number of amides is 2. The quantitative estimate of drug-likeness (QED) is 0.565. The lowest BCUT2D eigenvalue weighted by Crippen LogP contribution is -2.43. The fourth-order valence-electron chi connectivity index (χ4n) is 3.30. The largest absolute Gasteiger partial charge is 0.496 e. The zero-order valence-electron chi connectivity index (χ0n) is 17.6. The van der Waals surface area contributed by atoms with Gasteiger partial charge in [-0.25, -0.2) is 0 Å². The minimum absolute atomic E-state index is 0.119. The maximum atomic E-state index is 12.0. The SMILES string of the molecule is COc1cc2c(cc1/C=C/C(=O)NNC(=O)COc1cc(C)cc(C)c1)O[C@H](C)C2. The van der Waals surface area contributed by atoms with Crippen LogP contribution in [0.3, 0.4) is 0 Å². The first-order valence-corrected chi connectivity index (χ1v) is 9.69. The molecule has 1 aliphatic rings. The van der Waals surface area contributed by atoms with Crippen LogP contribution in [0.4, 0.5) is 0 Å². The summed E-state index contributed by atoms with van der Waals surface area (Å²) in [5.74, 6) is 1.11. The molecule has 2 aromatic rings. The summed E-state index contributed by atoms with van der Waals surface area (Å²) in [7, 11) is 1.58. The number of hydrogen-bond acceptors (Lipinski definition) is 5. The third-order valence-corrected chi connectivity index (χ3v) is 4.55. The van der Waals surface area contributed by atoms with E-state index < -0.39 is 11.8 Å². The summed E-state index contributed by atoms with van der Waals surface area (Å²) in [6.07, 6.45) is 3.87. The van der Waals surface area contributed by atoms with Crippen LogP contribution in [0.25, 0.3) is 6.08 Å². The van der Waals surface area contributed by atoms with E-state index >= 15 is 0 Å². The summed E-state index contributed by atoms with van der Waals surface area (Å²) in [5.41, 5.74) is 8.54. The average Bonchev–Trinajstić information content (AvgIpc) is 3.06. The van der Waals surface area contributed by atoms with Crippen LogP contribution in [0.15, 0.2) is 36.4 Å². The van der Waals surface area contributed by atoms with Crippen molar-refractivity contribution < 1.29 is 23.8 Å². The van der Waals surface area contributed by atoms with Crippen molar-refractivity contribution in [3.63, 3.8) is 0 Å². The molecule has 2 amide bonds. The lowest BCUT2D eigenvalue weighted by atomic mass is 10.1. The number of methoxy groups -OCH3 is 1. The van der Waals surface area contributed by atoms with E-state index in [1.54, 1.807) is 13.2 Å². The topological polar surface area (TPSA) is 85.9 Å². The van der Waals surface area contributed by atoms with E-state index in [9.17, 15) is 9.59 Å². The summed E-state index contributed by atoms with van der Waals surface area (Å²) >= 11 is 0. The Morgan fingerprint density at radius 2 is 1.87 bits per heavy atom. The van der Waals surface area contributed by atoms with Crippen molar-refractivity contribution in [1.29, 1.82) is 0 Å². The van der Waals surface area contributed by atoms with Gasteiger partial charge in [0, 0.05) is 23.6 Å². The van der Waals surface area contributed by atoms with E-state index in [1.165, 1.54) is 6.08 Å². The van der Waals surface area contributed by atoms with Crippen molar-refractivity contribution in [2.75, 3.05) is 13.7 Å². The summed E-state index contributed by atoms with van der Waals surface area (Å²) in [4.78, 5) is 24.0. The van der Waals surface area contributed by atoms with Gasteiger partial charge in [-0.1, -0.05) is 6.07 Å². The molecule has 2 N–H and O–H groups in total. The highest BCUT2D eigenvalue weighted by Gasteiger charge is 2.21. The van der Waals surface area contributed by atoms with Gasteiger partial charge in [0.05, 0.1) is 7.11 Å². The Bertz CT molecular complexity index is 964. The van der Waals surface area contributed by atoms with E-state index in [-0.39, 0.29) is 12.7 Å². The summed E-state index contributed by atoms with van der Waals surface area (Å²) in [5, 5.41) is 0. The molecule has 0 bridgehead atoms. The number of ether oxygens (including phenoxy) is 3. The lowest BCUT2D eigenvalue weighted by Gasteiger charge is -2.09. The molecule has 0 spiro atoms. The van der Waals surface area contributed by atoms with Crippen LogP contribution in [0, 0.1) is 13.8 Å². The minimum Gasteiger partial charge on any atom is -0.496 e. The number of carbonyl (C=O) groups excluding carboxylic acids is 2. The minimum atomic E-state index is -0.480. The second-order valence-corrected chi connectivity index (χ2v) is 7.32. The second kappa shape index (κ2) is 9.35. The first-order valence-electron chi connectivity index (χ1n) is 9.69. The van der Waals surface area contributed by atoms with Crippen LogP contribution in [0.5, 0.6) is 17.2 Å². The Morgan fingerprint density at radius 3 is 2.57 bits per heavy atom. The van der Waals surface area contributed by atoms with Crippen LogP contribution < -0.4 is 25.1 Å². The maximum Gasteiger partial charge on any atom is 0.276 e. The standard InChI is InChI=1S/C23H26N2O5/c1-14-7-15(2)9-19(8-14)29-13-23(27)25-24-22(26)6-5-17-11-21-18(10-16(3)30-21)12-20(17)28-4/h5-9,11-12,16H,10,13H2,1-4H3,(H,24,26)(H,25,27)/b6-5+/t16-/m1/s1. The van der Waals surface area contributed by atoms with Gasteiger partial charge in [-0.2, -0.15) is 0 Å². The van der Waals surface area contributed by atoms with E-state index in [0.717, 1.165) is 28.9 Å². The molecule has 30 heavy (non-hydrogen) atoms. The van der Waals surface area contributed by atoms with Gasteiger partial charge in [-0.05, 0) is 62.2 Å². The van der Waals surface area contributed by atoms with Crippen molar-refractivity contribution in [3.8, 4) is 17.2 Å². The Morgan fingerprint density at radius 1 is 1.13 bits per heavy atom. The van der Waals surface area contributed by atoms with Crippen molar-refractivity contribution >= 4 is 17.9 Å². The van der Waals surface area contributed by atoms with E-state index in [2.05, 4.69) is 10.9 Å². The fraction of sp³-hybridized carbons (Fsp3) is 0.304. The van der Waals surface area contributed by atoms with Crippen molar-refractivity contribution in [2.45, 2.75) is 33.3 Å². The molecular weight excluding hydrogens is 384 g/mol. The fourth-order valence-corrected chi connectivity index (χ4v) is 3.30. The Labute approximate surface area is 176 Å². The predicted octanol–water partition coefficient (Wildman–Crippen LogP) is 2.88. The molecule has 0 saturated heterocycles. The van der Waals surface area contributed by atoms with Crippen LogP contribution in [-0.2, 0) is 16.0 Å². The second-order valence-electron chi connectivity index (χ2n) is 7.32. The van der Waals surface area contributed by atoms with Gasteiger partial charge < -0.3 is 14.2 Å². The number of aryl methyl sites for hydroxylation is 2. The predicted molar refractivity (Wildman–Crippen MR) is 114 cm³/mol. The third kappa shape index (κ3) is 5.53. The number of carbonyl (C=O) groups is 2. The normalized spacial score (nSPS) is 14.7. The van der Waals surface area contributed by atoms with Gasteiger partial charge in [-0.15, -0.1) is 0 Å². The molecule has 0 radical (unpaired) electrons. The highest BCUT2D eigenvalue weighted by Crippen LogP contribution is 2.35. The molecule has 1 heterocycles. The first kappa shape index (κ1) is 21.2. The van der Waals surface area contributed by atoms with Crippen molar-refractivity contribution in [1.82, 2.24) is 10.9 Å². The van der Waals surface area contributed by atoms with Crippen molar-refractivity contribution in [3.05, 3.63) is 58.7 Å². The Balaban J connectivity index is 1.51. The molecular formula is C23H26N2O5. The smallest absolute Gasteiger partial charge is 0.276 e. The highest BCUT2D eigenvalue weighted by molar-refractivity contribution is 5.93. The molecule has 0 aromatic heterocycles. The van der Waals surface area contributed by atoms with Gasteiger partial charge in [-0.3, -0.25) is 20.4 Å². The first-order chi connectivity index (χ1) is 14.3. The van der Waals surface area contributed by atoms with E-state index in [0.29, 0.717) is 17.1 Å². The molecule has 0 saturated carbocycles. The zero-order valence-corrected chi connectivity index (χ0v) is 17.6. The third-order valence-electron chi connectivity index (χ3n) is 4.55. The molecule has 1 atom stereocenters. The van der Waals surface area contributed by atoms with Crippen LogP contribution in [0.2, 0.25) is 0 Å². The van der Waals surface area contributed by atoms with Crippen LogP contribution in [0.1, 0.15) is 29.2 Å². The summed E-state index contributed by atoms with van der Waals surface area (Å²) in [6.45, 7) is 5.70. The number of nitrogens with one attached hydrogen (secondary N) is 2. The molecule has 1 aliphatic heterocycles. The molecule has 158 valence electrons. The monoisotopic (exact) mass is 410 g/mol. The number of rotatable bonds is 6. The number of fused-ring (bicyclic) bond motifs is 1. The Hall–Kier alpha value is -3.48. The van der Waals surface area contributed by atoms with Gasteiger partial charge >= 0.3 is 0 Å². The molecule has 3 rings (SSSR count). The molecule has 0 unspecified atom stereocenters.